The molecular weight excluding hydrogens is 490 g/mol. The highest BCUT2D eigenvalue weighted by Crippen LogP contribution is 2.45. The lowest BCUT2D eigenvalue weighted by atomic mass is 9.70. The fourth-order valence-electron chi connectivity index (χ4n) is 4.88. The molecular formula is C27H29N5O4S. The molecule has 0 aliphatic heterocycles. The molecule has 0 unspecified atom stereocenters. The summed E-state index contributed by atoms with van der Waals surface area (Å²) in [5.41, 5.74) is 11.8. The number of amides is 2. The topological polar surface area (TPSA) is 144 Å². The molecule has 0 aromatic heterocycles. The summed E-state index contributed by atoms with van der Waals surface area (Å²) in [6, 6.07) is 18.3. The third-order valence-electron chi connectivity index (χ3n) is 6.85. The Bertz CT molecular complexity index is 1430. The van der Waals surface area contributed by atoms with E-state index in [0.29, 0.717) is 17.8 Å². The van der Waals surface area contributed by atoms with Crippen molar-refractivity contribution in [2.45, 2.75) is 55.8 Å². The van der Waals surface area contributed by atoms with Gasteiger partial charge in [0.2, 0.25) is 0 Å². The molecule has 1 saturated carbocycles. The van der Waals surface area contributed by atoms with E-state index in [1.165, 1.54) is 30.7 Å². The van der Waals surface area contributed by atoms with Crippen LogP contribution in [0, 0.1) is 0 Å². The van der Waals surface area contributed by atoms with Crippen LogP contribution in [0.5, 0.6) is 5.75 Å². The largest absolute Gasteiger partial charge is 0.507 e. The second kappa shape index (κ2) is 10.9. The molecule has 1 aliphatic rings. The van der Waals surface area contributed by atoms with Crippen LogP contribution in [0.15, 0.2) is 76.1 Å². The van der Waals surface area contributed by atoms with E-state index in [9.17, 15) is 18.3 Å². The first-order valence-electron chi connectivity index (χ1n) is 12.1. The molecule has 1 aliphatic carbocycles. The van der Waals surface area contributed by atoms with Gasteiger partial charge < -0.3 is 15.7 Å². The molecule has 10 heteroatoms. The number of anilines is 2. The number of hydrogen-bond donors (Lipinski definition) is 3. The lowest BCUT2D eigenvalue weighted by molar-refractivity contribution is 0.262. The molecule has 1 fully saturated rings. The summed E-state index contributed by atoms with van der Waals surface area (Å²) in [7, 11) is -4.10. The van der Waals surface area contributed by atoms with E-state index in [1.54, 1.807) is 6.07 Å². The Morgan fingerprint density at radius 2 is 1.65 bits per heavy atom. The van der Waals surface area contributed by atoms with Crippen molar-refractivity contribution in [3.05, 3.63) is 93.9 Å². The first-order chi connectivity index (χ1) is 17.7. The molecule has 0 spiro atoms. The number of aromatic hydroxyl groups is 1. The minimum absolute atomic E-state index is 0.175. The van der Waals surface area contributed by atoms with Crippen LogP contribution in [0.1, 0.15) is 55.7 Å². The SMILES string of the molecule is CC1(c2cc(NC(=O)Nc3ccc(S(=O)(=O)N=[N+]=[N-])cc3)cc(Cc3ccccc3)c2O)CCCCC1. The number of carbonyl (C=O) groups excluding carboxylic acids is 1. The zero-order valence-electron chi connectivity index (χ0n) is 20.5. The Morgan fingerprint density at radius 1 is 1.00 bits per heavy atom. The number of nitrogens with zero attached hydrogens (tertiary/aromatic N) is 3. The fourth-order valence-corrected chi connectivity index (χ4v) is 5.55. The van der Waals surface area contributed by atoms with E-state index in [-0.39, 0.29) is 16.1 Å². The van der Waals surface area contributed by atoms with Gasteiger partial charge in [0.15, 0.2) is 0 Å². The maximum absolute atomic E-state index is 12.8. The lowest BCUT2D eigenvalue weighted by Crippen LogP contribution is -2.26. The van der Waals surface area contributed by atoms with Crippen LogP contribution >= 0.6 is 0 Å². The summed E-state index contributed by atoms with van der Waals surface area (Å²) < 4.78 is 26.5. The number of hydrogen-bond acceptors (Lipinski definition) is 4. The maximum atomic E-state index is 12.8. The number of nitrogens with one attached hydrogen (secondary N) is 2. The van der Waals surface area contributed by atoms with Gasteiger partial charge in [-0.25, -0.2) is 13.2 Å². The molecule has 4 rings (SSSR count). The van der Waals surface area contributed by atoms with E-state index in [1.807, 2.05) is 36.4 Å². The van der Waals surface area contributed by atoms with Crippen molar-refractivity contribution >= 4 is 27.4 Å². The number of carbonyl (C=O) groups is 1. The molecule has 9 nitrogen and oxygen atoms in total. The average molecular weight is 520 g/mol. The Kier molecular flexibility index (Phi) is 7.71. The molecule has 3 aromatic rings. The number of sulfonamides is 1. The second-order valence-corrected chi connectivity index (χ2v) is 11.1. The fraction of sp³-hybridized carbons (Fsp3) is 0.296. The minimum atomic E-state index is -4.10. The van der Waals surface area contributed by atoms with Crippen molar-refractivity contribution in [3.8, 4) is 5.75 Å². The van der Waals surface area contributed by atoms with E-state index < -0.39 is 16.1 Å². The van der Waals surface area contributed by atoms with Gasteiger partial charge in [-0.3, -0.25) is 0 Å². The molecule has 192 valence electrons. The van der Waals surface area contributed by atoms with Crippen LogP contribution < -0.4 is 10.6 Å². The van der Waals surface area contributed by atoms with Gasteiger partial charge in [0, 0.05) is 38.4 Å². The third kappa shape index (κ3) is 6.22. The summed E-state index contributed by atoms with van der Waals surface area (Å²) in [4.78, 5) is 15.0. The highest BCUT2D eigenvalue weighted by Gasteiger charge is 2.32. The summed E-state index contributed by atoms with van der Waals surface area (Å²) in [5.74, 6) is 0.274. The van der Waals surface area contributed by atoms with Crippen molar-refractivity contribution in [2.24, 2.45) is 4.52 Å². The molecule has 0 radical (unpaired) electrons. The predicted molar refractivity (Wildman–Crippen MR) is 143 cm³/mol. The highest BCUT2D eigenvalue weighted by molar-refractivity contribution is 7.90. The van der Waals surface area contributed by atoms with Gasteiger partial charge in [-0.2, -0.15) is 0 Å². The monoisotopic (exact) mass is 519 g/mol. The van der Waals surface area contributed by atoms with Gasteiger partial charge in [-0.05, 0) is 65.7 Å². The normalized spacial score (nSPS) is 14.8. The summed E-state index contributed by atoms with van der Waals surface area (Å²) >= 11 is 0. The molecule has 3 aromatic carbocycles. The Labute approximate surface area is 216 Å². The molecule has 3 N–H and O–H groups in total. The maximum Gasteiger partial charge on any atom is 0.323 e. The number of phenolic OH excluding ortho intramolecular Hbond substituents is 1. The molecule has 0 heterocycles. The first kappa shape index (κ1) is 26.1. The first-order valence-corrected chi connectivity index (χ1v) is 13.5. The number of urea groups is 1. The van der Waals surface area contributed by atoms with Gasteiger partial charge in [-0.1, -0.05) is 56.5 Å². The van der Waals surface area contributed by atoms with Crippen molar-refractivity contribution in [1.29, 1.82) is 0 Å². The van der Waals surface area contributed by atoms with Crippen LogP contribution in [0.25, 0.3) is 10.4 Å². The average Bonchev–Trinajstić information content (AvgIpc) is 2.87. The molecule has 0 bridgehead atoms. The molecule has 2 amide bonds. The van der Waals surface area contributed by atoms with E-state index >= 15 is 0 Å². The minimum Gasteiger partial charge on any atom is -0.507 e. The summed E-state index contributed by atoms with van der Waals surface area (Å²) in [6.07, 6.45) is 5.81. The van der Waals surface area contributed by atoms with Crippen LogP contribution in [-0.2, 0) is 21.9 Å². The van der Waals surface area contributed by atoms with Crippen molar-refractivity contribution in [2.75, 3.05) is 10.6 Å². The molecule has 37 heavy (non-hydrogen) atoms. The summed E-state index contributed by atoms with van der Waals surface area (Å²) in [6.45, 7) is 2.17. The third-order valence-corrected chi connectivity index (χ3v) is 8.00. The van der Waals surface area contributed by atoms with E-state index in [4.69, 9.17) is 5.53 Å². The van der Waals surface area contributed by atoms with E-state index in [0.717, 1.165) is 42.4 Å². The number of phenols is 1. The van der Waals surface area contributed by atoms with Gasteiger partial charge in [-0.15, -0.1) is 0 Å². The standard InChI is InChI=1S/C27H29N5O4S/c1-27(14-6-3-7-15-27)24-18-22(17-20(25(24)33)16-19-8-4-2-5-9-19)30-26(34)29-21-10-12-23(13-11-21)37(35,36)32-31-28/h2,4-5,8-13,17-18,33H,3,6-7,14-16H2,1H3,(H2,29,30,34). The molecule has 0 saturated heterocycles. The van der Waals surface area contributed by atoms with Gasteiger partial charge in [0.1, 0.15) is 5.75 Å². The zero-order chi connectivity index (χ0) is 26.5. The predicted octanol–water partition coefficient (Wildman–Crippen LogP) is 6.85. The highest BCUT2D eigenvalue weighted by atomic mass is 32.2. The van der Waals surface area contributed by atoms with E-state index in [2.05, 4.69) is 27.0 Å². The van der Waals surface area contributed by atoms with Crippen LogP contribution in [0.3, 0.4) is 0 Å². The van der Waals surface area contributed by atoms with Crippen LogP contribution in [-0.4, -0.2) is 19.6 Å². The second-order valence-electron chi connectivity index (χ2n) is 9.56. The van der Waals surface area contributed by atoms with Crippen LogP contribution in [0.2, 0.25) is 0 Å². The Morgan fingerprint density at radius 3 is 2.30 bits per heavy atom. The quantitative estimate of drug-likeness (QED) is 0.136. The van der Waals surface area contributed by atoms with Gasteiger partial charge in [0.25, 0.3) is 10.0 Å². The van der Waals surface area contributed by atoms with Crippen molar-refractivity contribution < 1.29 is 18.3 Å². The zero-order valence-corrected chi connectivity index (χ0v) is 21.3. The lowest BCUT2D eigenvalue weighted by Gasteiger charge is -2.35. The van der Waals surface area contributed by atoms with Crippen molar-refractivity contribution in [1.82, 2.24) is 0 Å². The van der Waals surface area contributed by atoms with Crippen molar-refractivity contribution in [3.63, 3.8) is 0 Å². The number of rotatable bonds is 7. The molecule has 0 atom stereocenters. The van der Waals surface area contributed by atoms with Gasteiger partial charge >= 0.3 is 6.03 Å². The summed E-state index contributed by atoms with van der Waals surface area (Å²) in [5, 5.41) is 16.8. The Hall–Kier alpha value is -4.01. The van der Waals surface area contributed by atoms with Gasteiger partial charge in [0.05, 0.1) is 4.90 Å². The number of azide groups is 1. The van der Waals surface area contributed by atoms with Crippen LogP contribution in [0.4, 0.5) is 16.2 Å². The Balaban J connectivity index is 1.59. The smallest absolute Gasteiger partial charge is 0.323 e. The number of benzene rings is 3.